The first-order valence-electron chi connectivity index (χ1n) is 5.19. The zero-order chi connectivity index (χ0) is 14.0. The van der Waals surface area contributed by atoms with Crippen molar-refractivity contribution in [2.75, 3.05) is 5.32 Å². The Morgan fingerprint density at radius 3 is 2.63 bits per heavy atom. The summed E-state index contributed by atoms with van der Waals surface area (Å²) in [6, 6.07) is 7.71. The highest BCUT2D eigenvalue weighted by Gasteiger charge is 2.14. The minimum absolute atomic E-state index is 0.109. The molecular weight excluding hydrogens is 340 g/mol. The van der Waals surface area contributed by atoms with Crippen LogP contribution in [-0.4, -0.2) is 5.91 Å². The summed E-state index contributed by atoms with van der Waals surface area (Å²) in [6.07, 6.45) is 0. The number of amides is 1. The molecule has 98 valence electrons. The standard InChI is InChI=1S/C13H7BrClF2NO/c14-9-3-1-2-8(12(9)15)13(19)18-11-5-4-7(16)6-10(11)17/h1-6H,(H,18,19). The van der Waals surface area contributed by atoms with E-state index in [0.29, 0.717) is 10.5 Å². The van der Waals surface area contributed by atoms with Crippen LogP contribution in [0.1, 0.15) is 10.4 Å². The van der Waals surface area contributed by atoms with Crippen LogP contribution >= 0.6 is 27.5 Å². The second-order valence-corrected chi connectivity index (χ2v) is 4.91. The minimum Gasteiger partial charge on any atom is -0.319 e. The van der Waals surface area contributed by atoms with E-state index < -0.39 is 17.5 Å². The van der Waals surface area contributed by atoms with E-state index in [0.717, 1.165) is 12.1 Å². The minimum atomic E-state index is -0.848. The summed E-state index contributed by atoms with van der Waals surface area (Å²) in [4.78, 5) is 11.9. The molecule has 2 rings (SSSR count). The van der Waals surface area contributed by atoms with Gasteiger partial charge in [-0.15, -0.1) is 0 Å². The van der Waals surface area contributed by atoms with Crippen molar-refractivity contribution in [3.63, 3.8) is 0 Å². The number of hydrogen-bond donors (Lipinski definition) is 1. The highest BCUT2D eigenvalue weighted by molar-refractivity contribution is 9.10. The Balaban J connectivity index is 2.28. The Kier molecular flexibility index (Phi) is 4.17. The van der Waals surface area contributed by atoms with Gasteiger partial charge in [-0.2, -0.15) is 0 Å². The Morgan fingerprint density at radius 2 is 1.95 bits per heavy atom. The molecule has 2 aromatic carbocycles. The molecule has 0 radical (unpaired) electrons. The number of carbonyl (C=O) groups excluding carboxylic acids is 1. The molecule has 2 aromatic rings. The maximum Gasteiger partial charge on any atom is 0.257 e. The topological polar surface area (TPSA) is 29.1 Å². The van der Waals surface area contributed by atoms with Gasteiger partial charge in [0.1, 0.15) is 11.6 Å². The Labute approximate surface area is 121 Å². The number of hydrogen-bond acceptors (Lipinski definition) is 1. The Morgan fingerprint density at radius 1 is 1.21 bits per heavy atom. The smallest absolute Gasteiger partial charge is 0.257 e. The van der Waals surface area contributed by atoms with Crippen LogP contribution in [0.5, 0.6) is 0 Å². The lowest BCUT2D eigenvalue weighted by Gasteiger charge is -2.08. The van der Waals surface area contributed by atoms with Gasteiger partial charge in [-0.25, -0.2) is 8.78 Å². The number of halogens is 4. The van der Waals surface area contributed by atoms with Gasteiger partial charge in [-0.3, -0.25) is 4.79 Å². The molecule has 19 heavy (non-hydrogen) atoms. The van der Waals surface area contributed by atoms with Crippen molar-refractivity contribution < 1.29 is 13.6 Å². The van der Waals surface area contributed by atoms with Crippen LogP contribution in [0, 0.1) is 11.6 Å². The van der Waals surface area contributed by atoms with E-state index in [2.05, 4.69) is 21.2 Å². The average Bonchev–Trinajstić information content (AvgIpc) is 2.36. The Bertz CT molecular complexity index is 649. The van der Waals surface area contributed by atoms with E-state index in [4.69, 9.17) is 11.6 Å². The molecule has 2 nitrogen and oxygen atoms in total. The van der Waals surface area contributed by atoms with Crippen LogP contribution < -0.4 is 5.32 Å². The molecule has 6 heteroatoms. The third kappa shape index (κ3) is 3.11. The molecule has 0 aliphatic carbocycles. The quantitative estimate of drug-likeness (QED) is 0.844. The largest absolute Gasteiger partial charge is 0.319 e. The predicted molar refractivity (Wildman–Crippen MR) is 73.5 cm³/mol. The summed E-state index contributed by atoms with van der Waals surface area (Å²) in [5, 5.41) is 2.56. The fraction of sp³-hybridized carbons (Fsp3) is 0. The van der Waals surface area contributed by atoms with E-state index in [1.54, 1.807) is 12.1 Å². The van der Waals surface area contributed by atoms with E-state index in [9.17, 15) is 13.6 Å². The van der Waals surface area contributed by atoms with Crippen molar-refractivity contribution in [2.45, 2.75) is 0 Å². The number of benzene rings is 2. The van der Waals surface area contributed by atoms with Crippen LogP contribution in [0.3, 0.4) is 0 Å². The fourth-order valence-electron chi connectivity index (χ4n) is 1.46. The fourth-order valence-corrected chi connectivity index (χ4v) is 2.04. The van der Waals surface area contributed by atoms with Gasteiger partial charge in [0.05, 0.1) is 16.3 Å². The summed E-state index contributed by atoms with van der Waals surface area (Å²) in [7, 11) is 0. The normalized spacial score (nSPS) is 10.3. The van der Waals surface area contributed by atoms with Gasteiger partial charge in [0, 0.05) is 10.5 Å². The maximum atomic E-state index is 13.4. The highest BCUT2D eigenvalue weighted by atomic mass is 79.9. The zero-order valence-corrected chi connectivity index (χ0v) is 11.7. The van der Waals surface area contributed by atoms with Crippen molar-refractivity contribution in [1.82, 2.24) is 0 Å². The zero-order valence-electron chi connectivity index (χ0n) is 9.38. The monoisotopic (exact) mass is 345 g/mol. The molecule has 0 bridgehead atoms. The molecule has 0 aliphatic heterocycles. The molecule has 1 amide bonds. The molecule has 0 saturated heterocycles. The van der Waals surface area contributed by atoms with Crippen LogP contribution in [0.25, 0.3) is 0 Å². The average molecular weight is 347 g/mol. The first-order valence-corrected chi connectivity index (χ1v) is 6.36. The lowest BCUT2D eigenvalue weighted by molar-refractivity contribution is 0.102. The summed E-state index contributed by atoms with van der Waals surface area (Å²) in [6.45, 7) is 0. The molecular formula is C13H7BrClF2NO. The van der Waals surface area contributed by atoms with Crippen molar-refractivity contribution in [3.8, 4) is 0 Å². The summed E-state index contributed by atoms with van der Waals surface area (Å²) in [5.74, 6) is -2.13. The van der Waals surface area contributed by atoms with E-state index in [-0.39, 0.29) is 16.3 Å². The molecule has 1 N–H and O–H groups in total. The van der Waals surface area contributed by atoms with Gasteiger partial charge < -0.3 is 5.32 Å². The van der Waals surface area contributed by atoms with Crippen LogP contribution in [0.15, 0.2) is 40.9 Å². The van der Waals surface area contributed by atoms with Crippen molar-refractivity contribution in [1.29, 1.82) is 0 Å². The summed E-state index contributed by atoms with van der Waals surface area (Å²) < 4.78 is 26.7. The molecule has 0 spiro atoms. The van der Waals surface area contributed by atoms with E-state index >= 15 is 0 Å². The first kappa shape index (κ1) is 14.0. The van der Waals surface area contributed by atoms with Gasteiger partial charge in [-0.1, -0.05) is 17.7 Å². The Hall–Kier alpha value is -1.46. The lowest BCUT2D eigenvalue weighted by atomic mass is 10.2. The van der Waals surface area contributed by atoms with Crippen LogP contribution in [-0.2, 0) is 0 Å². The van der Waals surface area contributed by atoms with Crippen molar-refractivity contribution in [3.05, 3.63) is 63.1 Å². The SMILES string of the molecule is O=C(Nc1ccc(F)cc1F)c1cccc(Br)c1Cl. The third-order valence-electron chi connectivity index (χ3n) is 2.38. The maximum absolute atomic E-state index is 13.4. The summed E-state index contributed by atoms with van der Waals surface area (Å²) in [5.41, 5.74) is 0.0854. The van der Waals surface area contributed by atoms with Gasteiger partial charge in [0.25, 0.3) is 5.91 Å². The molecule has 0 aliphatic rings. The van der Waals surface area contributed by atoms with Crippen molar-refractivity contribution >= 4 is 39.1 Å². The third-order valence-corrected chi connectivity index (χ3v) is 3.67. The van der Waals surface area contributed by atoms with Crippen LogP contribution in [0.2, 0.25) is 5.02 Å². The highest BCUT2D eigenvalue weighted by Crippen LogP contribution is 2.27. The molecule has 0 unspecified atom stereocenters. The second-order valence-electron chi connectivity index (χ2n) is 3.68. The lowest BCUT2D eigenvalue weighted by Crippen LogP contribution is -2.13. The molecule has 0 saturated carbocycles. The first-order chi connectivity index (χ1) is 8.99. The van der Waals surface area contributed by atoms with Gasteiger partial charge in [0.15, 0.2) is 0 Å². The second kappa shape index (κ2) is 5.67. The molecule has 0 atom stereocenters. The predicted octanol–water partition coefficient (Wildman–Crippen LogP) is 4.63. The number of rotatable bonds is 2. The van der Waals surface area contributed by atoms with Crippen molar-refractivity contribution in [2.24, 2.45) is 0 Å². The summed E-state index contributed by atoms with van der Waals surface area (Å²) >= 11 is 9.15. The molecule has 0 fully saturated rings. The van der Waals surface area contributed by atoms with Gasteiger partial charge in [0.2, 0.25) is 0 Å². The molecule has 0 aromatic heterocycles. The molecule has 0 heterocycles. The number of anilines is 1. The van der Waals surface area contributed by atoms with Gasteiger partial charge >= 0.3 is 0 Å². The van der Waals surface area contributed by atoms with E-state index in [1.807, 2.05) is 0 Å². The van der Waals surface area contributed by atoms with E-state index in [1.165, 1.54) is 6.07 Å². The van der Waals surface area contributed by atoms with Crippen LogP contribution in [0.4, 0.5) is 14.5 Å². The van der Waals surface area contributed by atoms with Gasteiger partial charge in [-0.05, 0) is 40.2 Å². The number of nitrogens with one attached hydrogen (secondary N) is 1. The number of carbonyl (C=O) groups is 1.